The van der Waals surface area contributed by atoms with Gasteiger partial charge in [-0.3, -0.25) is 0 Å². The highest BCUT2D eigenvalue weighted by atomic mass is 32.2. The van der Waals surface area contributed by atoms with Crippen LogP contribution in [0.4, 0.5) is 0 Å². The number of carbonyl (C=O) groups excluding carboxylic acids is 1. The second-order valence-electron chi connectivity index (χ2n) is 8.81. The summed E-state index contributed by atoms with van der Waals surface area (Å²) in [7, 11) is -3.90. The van der Waals surface area contributed by atoms with E-state index in [0.29, 0.717) is 22.3 Å². The summed E-state index contributed by atoms with van der Waals surface area (Å²) in [6, 6.07) is 0. The molecule has 3 aliphatic rings. The summed E-state index contributed by atoms with van der Waals surface area (Å²) in [4.78, 5) is 16.7. The predicted molar refractivity (Wildman–Crippen MR) is 140 cm³/mol. The second kappa shape index (κ2) is 10.5. The Kier molecular flexibility index (Phi) is 7.15. The second-order valence-corrected chi connectivity index (χ2v) is 11.2. The van der Waals surface area contributed by atoms with Crippen molar-refractivity contribution in [3.63, 3.8) is 0 Å². The summed E-state index contributed by atoms with van der Waals surface area (Å²) in [5.74, 6) is 0.579. The minimum atomic E-state index is -3.90. The van der Waals surface area contributed by atoms with Crippen LogP contribution in [0.2, 0.25) is 0 Å². The van der Waals surface area contributed by atoms with E-state index in [0.717, 1.165) is 49.8 Å². The van der Waals surface area contributed by atoms with Crippen LogP contribution in [0.15, 0.2) is 57.9 Å². The zero-order valence-corrected chi connectivity index (χ0v) is 21.9. The summed E-state index contributed by atoms with van der Waals surface area (Å²) < 4.78 is 36.6. The molecule has 0 aliphatic heterocycles. The van der Waals surface area contributed by atoms with E-state index in [4.69, 9.17) is 19.7 Å². The van der Waals surface area contributed by atoms with Gasteiger partial charge in [-0.2, -0.15) is 5.10 Å². The topological polar surface area (TPSA) is 126 Å². The summed E-state index contributed by atoms with van der Waals surface area (Å²) in [5.41, 5.74) is 8.15. The fraction of sp³-hybridized carbons (Fsp3) is 0.346. The minimum absolute atomic E-state index is 0.166. The van der Waals surface area contributed by atoms with Gasteiger partial charge in [0.1, 0.15) is 10.6 Å². The van der Waals surface area contributed by atoms with E-state index in [9.17, 15) is 13.2 Å². The number of hydrogen-bond donors (Lipinski definition) is 1. The van der Waals surface area contributed by atoms with Crippen LogP contribution in [0.25, 0.3) is 10.7 Å². The molecule has 0 atom stereocenters. The first kappa shape index (κ1) is 25.2. The van der Waals surface area contributed by atoms with Gasteiger partial charge in [-0.05, 0) is 61.8 Å². The molecule has 2 aromatic heterocycles. The van der Waals surface area contributed by atoms with E-state index in [1.54, 1.807) is 17.0 Å². The van der Waals surface area contributed by atoms with Crippen molar-refractivity contribution in [1.82, 2.24) is 14.8 Å². The first-order chi connectivity index (χ1) is 17.8. The standard InChI is InChI=1S/C26H26N4O5S2/c1-2-34-25(31)21-16-36-26(28-21)30-23(18-10-6-7-11-18)24(22(29-30)17-8-4-3-5-9-17)35-19-12-14-20(15-13-19)37(27,32)33/h3-4,8,12,14,16,18H,2,5-7,9-11H2,1H3,(H2,27,32,33). The third-order valence-electron chi connectivity index (χ3n) is 6.31. The van der Waals surface area contributed by atoms with Crippen molar-refractivity contribution in [1.29, 1.82) is 0 Å². The fourth-order valence-electron chi connectivity index (χ4n) is 4.58. The van der Waals surface area contributed by atoms with Crippen molar-refractivity contribution in [2.24, 2.45) is 5.14 Å². The van der Waals surface area contributed by atoms with E-state index in [-0.39, 0.29) is 23.1 Å². The van der Waals surface area contributed by atoms with Crippen molar-refractivity contribution in [3.8, 4) is 10.9 Å². The Morgan fingerprint density at radius 2 is 2.08 bits per heavy atom. The largest absolute Gasteiger partial charge is 0.461 e. The normalized spacial score (nSPS) is 17.5. The Morgan fingerprint density at radius 1 is 1.27 bits per heavy atom. The molecule has 0 spiro atoms. The zero-order valence-electron chi connectivity index (χ0n) is 20.3. The van der Waals surface area contributed by atoms with Gasteiger partial charge in [0.25, 0.3) is 0 Å². The molecule has 5 rings (SSSR count). The molecule has 0 bridgehead atoms. The SMILES string of the molecule is CCOC(=O)c1csc(-n2nc(C3=CC=CCC3)c(OC3=C=C=C(S(N)(=O)=O)C=C3)c2C2CCCC2)n1. The van der Waals surface area contributed by atoms with Gasteiger partial charge < -0.3 is 9.47 Å². The van der Waals surface area contributed by atoms with E-state index in [1.807, 2.05) is 12.2 Å². The van der Waals surface area contributed by atoms with Crippen LogP contribution < -0.4 is 9.88 Å². The number of allylic oxidation sites excluding steroid dienone is 6. The molecule has 0 unspecified atom stereocenters. The summed E-state index contributed by atoms with van der Waals surface area (Å²) in [6.45, 7) is 2.02. The average molecular weight is 539 g/mol. The molecule has 9 nitrogen and oxygen atoms in total. The number of rotatable bonds is 8. The quantitative estimate of drug-likeness (QED) is 0.383. The molecule has 2 aromatic rings. The van der Waals surface area contributed by atoms with Crippen molar-refractivity contribution < 1.29 is 22.7 Å². The van der Waals surface area contributed by atoms with Gasteiger partial charge in [-0.25, -0.2) is 28.0 Å². The van der Waals surface area contributed by atoms with Gasteiger partial charge >= 0.3 is 5.97 Å². The number of esters is 1. The summed E-state index contributed by atoms with van der Waals surface area (Å²) >= 11 is 1.31. The lowest BCUT2D eigenvalue weighted by molar-refractivity contribution is 0.0520. The van der Waals surface area contributed by atoms with Crippen LogP contribution in [0.1, 0.15) is 73.2 Å². The van der Waals surface area contributed by atoms with Crippen molar-refractivity contribution in [3.05, 3.63) is 75.0 Å². The maximum atomic E-state index is 12.3. The smallest absolute Gasteiger partial charge is 0.357 e. The highest BCUT2D eigenvalue weighted by Crippen LogP contribution is 2.45. The molecule has 0 amide bonds. The van der Waals surface area contributed by atoms with E-state index >= 15 is 0 Å². The molecular weight excluding hydrogens is 512 g/mol. The van der Waals surface area contributed by atoms with E-state index in [2.05, 4.69) is 22.5 Å². The van der Waals surface area contributed by atoms with Gasteiger partial charge in [0.05, 0.1) is 12.3 Å². The van der Waals surface area contributed by atoms with Gasteiger partial charge in [0.2, 0.25) is 15.2 Å². The van der Waals surface area contributed by atoms with Crippen LogP contribution in [-0.2, 0) is 14.8 Å². The number of nitrogens with two attached hydrogens (primary N) is 1. The first-order valence-electron chi connectivity index (χ1n) is 12.1. The van der Waals surface area contributed by atoms with Crippen LogP contribution in [-0.4, -0.2) is 35.8 Å². The highest BCUT2D eigenvalue weighted by Gasteiger charge is 2.32. The number of hydrogen-bond acceptors (Lipinski definition) is 8. The molecule has 0 aromatic carbocycles. The monoisotopic (exact) mass is 538 g/mol. The van der Waals surface area contributed by atoms with Gasteiger partial charge in [-0.1, -0.05) is 31.1 Å². The maximum Gasteiger partial charge on any atom is 0.357 e. The number of nitrogens with zero attached hydrogens (tertiary/aromatic N) is 3. The molecule has 2 heterocycles. The lowest BCUT2D eigenvalue weighted by Crippen LogP contribution is -2.13. The Labute approximate surface area is 219 Å². The Bertz CT molecular complexity index is 1540. The Balaban J connectivity index is 1.67. The lowest BCUT2D eigenvalue weighted by Gasteiger charge is -2.15. The number of carbonyl (C=O) groups is 1. The van der Waals surface area contributed by atoms with Crippen molar-refractivity contribution >= 4 is 32.9 Å². The molecular formula is C26H26N4O5S2. The molecule has 37 heavy (non-hydrogen) atoms. The maximum absolute atomic E-state index is 12.3. The fourth-order valence-corrected chi connectivity index (χ4v) is 5.79. The Hall–Kier alpha value is -3.46. The van der Waals surface area contributed by atoms with Crippen molar-refractivity contribution in [2.75, 3.05) is 6.61 Å². The van der Waals surface area contributed by atoms with Crippen LogP contribution >= 0.6 is 11.3 Å². The average Bonchev–Trinajstić information content (AvgIpc) is 3.64. The van der Waals surface area contributed by atoms with Gasteiger partial charge in [0.15, 0.2) is 17.2 Å². The number of thiazole rings is 1. The molecule has 11 heteroatoms. The van der Waals surface area contributed by atoms with Gasteiger partial charge in [-0.15, -0.1) is 11.3 Å². The highest BCUT2D eigenvalue weighted by molar-refractivity contribution is 7.93. The molecule has 192 valence electrons. The molecule has 0 radical (unpaired) electrons. The number of sulfonamides is 1. The van der Waals surface area contributed by atoms with Crippen LogP contribution in [0.5, 0.6) is 5.75 Å². The summed E-state index contributed by atoms with van der Waals surface area (Å²) in [5, 5.41) is 12.4. The number of primary sulfonamides is 1. The van der Waals surface area contributed by atoms with Crippen LogP contribution in [0.3, 0.4) is 0 Å². The lowest BCUT2D eigenvalue weighted by atomic mass is 9.98. The van der Waals surface area contributed by atoms with E-state index < -0.39 is 16.0 Å². The molecule has 2 N–H and O–H groups in total. The number of aromatic nitrogens is 3. The Morgan fingerprint density at radius 3 is 2.73 bits per heavy atom. The number of ether oxygens (including phenoxy) is 2. The van der Waals surface area contributed by atoms with E-state index in [1.165, 1.54) is 23.5 Å². The van der Waals surface area contributed by atoms with Gasteiger partial charge in [0, 0.05) is 11.3 Å². The zero-order chi connectivity index (χ0) is 26.0. The molecule has 0 saturated heterocycles. The molecule has 1 saturated carbocycles. The third-order valence-corrected chi connectivity index (χ3v) is 7.97. The molecule has 3 aliphatic carbocycles. The van der Waals surface area contributed by atoms with Crippen molar-refractivity contribution in [2.45, 2.75) is 51.4 Å². The first-order valence-corrected chi connectivity index (χ1v) is 14.5. The van der Waals surface area contributed by atoms with Crippen LogP contribution in [0, 0.1) is 0 Å². The predicted octanol–water partition coefficient (Wildman–Crippen LogP) is 4.66. The summed E-state index contributed by atoms with van der Waals surface area (Å²) in [6.07, 6.45) is 14.8. The minimum Gasteiger partial charge on any atom is -0.461 e. The molecule has 1 fully saturated rings. The third kappa shape index (κ3) is 5.32.